The molecule has 0 saturated heterocycles. The van der Waals surface area contributed by atoms with Crippen LogP contribution < -0.4 is 10.6 Å². The molecular weight excluding hydrogens is 600 g/mol. The summed E-state index contributed by atoms with van der Waals surface area (Å²) >= 11 is 3.25. The molecule has 3 N–H and O–H groups in total. The van der Waals surface area contributed by atoms with Crippen LogP contribution in [0.2, 0.25) is 0 Å². The number of aliphatic carboxylic acids is 1. The topological polar surface area (TPSA) is 106 Å². The highest BCUT2D eigenvalue weighted by Gasteiger charge is 2.29. The number of ether oxygens (including phenoxy) is 3. The number of methoxy groups -OCH3 is 2. The number of fused-ring (bicyclic) bond motifs is 3. The van der Waals surface area contributed by atoms with Crippen LogP contribution in [0.15, 0.2) is 78.9 Å². The van der Waals surface area contributed by atoms with Crippen LogP contribution in [-0.4, -0.2) is 68.1 Å². The number of nitrogens with one attached hydrogen (secondary N) is 2. The summed E-state index contributed by atoms with van der Waals surface area (Å²) in [7, 11) is 3.43. The smallest absolute Gasteiger partial charge is 0.407 e. The Morgan fingerprint density at radius 1 is 0.833 bits per heavy atom. The fourth-order valence-corrected chi connectivity index (χ4v) is 4.30. The minimum Gasteiger partial charge on any atom is -0.480 e. The highest BCUT2D eigenvalue weighted by molar-refractivity contribution is 9.09. The lowest BCUT2D eigenvalue weighted by Crippen LogP contribution is -2.39. The van der Waals surface area contributed by atoms with E-state index in [-0.39, 0.29) is 18.6 Å². The van der Waals surface area contributed by atoms with Crippen molar-refractivity contribution in [2.75, 3.05) is 32.7 Å². The Morgan fingerprint density at radius 3 is 1.83 bits per heavy atom. The number of benzene rings is 3. The molecule has 42 heavy (non-hydrogen) atoms. The van der Waals surface area contributed by atoms with Gasteiger partial charge >= 0.3 is 12.1 Å². The molecule has 9 heteroatoms. The molecule has 228 valence electrons. The number of carbonyl (C=O) groups is 2. The quantitative estimate of drug-likeness (QED) is 0.213. The average Bonchev–Trinajstić information content (AvgIpc) is 3.34. The summed E-state index contributed by atoms with van der Waals surface area (Å²) in [4.78, 5) is 22.5. The lowest BCUT2D eigenvalue weighted by molar-refractivity contribution is -0.138. The number of amides is 1. The van der Waals surface area contributed by atoms with Gasteiger partial charge in [0, 0.05) is 38.6 Å². The zero-order valence-corrected chi connectivity index (χ0v) is 26.6. The summed E-state index contributed by atoms with van der Waals surface area (Å²) < 4.78 is 15.2. The van der Waals surface area contributed by atoms with Crippen LogP contribution in [0.3, 0.4) is 0 Å². The molecule has 0 spiro atoms. The van der Waals surface area contributed by atoms with Crippen molar-refractivity contribution in [2.24, 2.45) is 0 Å². The van der Waals surface area contributed by atoms with E-state index in [1.807, 2.05) is 49.4 Å². The van der Waals surface area contributed by atoms with E-state index in [9.17, 15) is 9.59 Å². The molecule has 1 amide bonds. The molecule has 0 fully saturated rings. The maximum Gasteiger partial charge on any atom is 0.407 e. The lowest BCUT2D eigenvalue weighted by atomic mass is 9.98. The molecule has 8 nitrogen and oxygen atoms in total. The summed E-state index contributed by atoms with van der Waals surface area (Å²) in [5.74, 6) is -1.13. The molecule has 0 bridgehead atoms. The number of rotatable bonds is 11. The maximum atomic E-state index is 11.7. The number of alkyl carbamates (subject to hydrolysis) is 1. The fourth-order valence-electron chi connectivity index (χ4n) is 4.04. The van der Waals surface area contributed by atoms with Crippen LogP contribution in [0.5, 0.6) is 0 Å². The summed E-state index contributed by atoms with van der Waals surface area (Å²) in [5, 5.41) is 15.3. The van der Waals surface area contributed by atoms with Crippen molar-refractivity contribution in [1.82, 2.24) is 10.6 Å². The maximum absolute atomic E-state index is 11.7. The van der Waals surface area contributed by atoms with Crippen molar-refractivity contribution in [2.45, 2.75) is 51.5 Å². The molecule has 3 aromatic rings. The van der Waals surface area contributed by atoms with Crippen molar-refractivity contribution in [3.05, 3.63) is 95.6 Å². The standard InChI is InChI=1S/C18H17NO4.C11H17NO.C4H9BrO/c1-11(17(20)21)19-18(22)23-10-16-14-8-4-2-6-12(14)13-7-3-5-9-15(13)16;1-10(13-2)8-12-9-11-6-4-3-5-7-11;1-4(3-5)6-2/h2-9,11,16H,10H2,1H3,(H,19,22)(H,20,21);3-7,10,12H,8-9H2,1-2H3;4H,3H2,1-2H3. The first kappa shape index (κ1) is 35.0. The Balaban J connectivity index is 0.000000273. The lowest BCUT2D eigenvalue weighted by Gasteiger charge is -2.15. The molecule has 0 aliphatic heterocycles. The zero-order valence-electron chi connectivity index (χ0n) is 25.0. The van der Waals surface area contributed by atoms with E-state index in [0.29, 0.717) is 6.10 Å². The highest BCUT2D eigenvalue weighted by atomic mass is 79.9. The molecule has 1 aliphatic rings. The van der Waals surface area contributed by atoms with E-state index in [4.69, 9.17) is 19.3 Å². The third kappa shape index (κ3) is 11.6. The Kier molecular flexibility index (Phi) is 15.9. The number of halogens is 1. The van der Waals surface area contributed by atoms with Crippen LogP contribution in [0.4, 0.5) is 4.79 Å². The number of carboxylic acid groups (broad SMARTS) is 1. The van der Waals surface area contributed by atoms with Gasteiger partial charge in [-0.2, -0.15) is 0 Å². The Labute approximate surface area is 257 Å². The summed E-state index contributed by atoms with van der Waals surface area (Å²) in [6.07, 6.45) is -0.0875. The number of hydrogen-bond donors (Lipinski definition) is 3. The van der Waals surface area contributed by atoms with E-state index in [2.05, 4.69) is 69.9 Å². The summed E-state index contributed by atoms with van der Waals surface area (Å²) in [6.45, 7) is 7.43. The largest absolute Gasteiger partial charge is 0.480 e. The molecule has 3 aromatic carbocycles. The van der Waals surface area contributed by atoms with E-state index in [0.717, 1.165) is 40.7 Å². The number of alkyl halides is 1. The first-order valence-electron chi connectivity index (χ1n) is 13.9. The van der Waals surface area contributed by atoms with Gasteiger partial charge in [-0.15, -0.1) is 0 Å². The summed E-state index contributed by atoms with van der Waals surface area (Å²) in [5.41, 5.74) is 5.85. The third-order valence-corrected chi connectivity index (χ3v) is 7.59. The van der Waals surface area contributed by atoms with Crippen molar-refractivity contribution < 1.29 is 28.9 Å². The van der Waals surface area contributed by atoms with Crippen molar-refractivity contribution in [3.8, 4) is 11.1 Å². The molecule has 3 unspecified atom stereocenters. The minimum atomic E-state index is -1.10. The van der Waals surface area contributed by atoms with E-state index < -0.39 is 18.1 Å². The van der Waals surface area contributed by atoms with Gasteiger partial charge in [0.1, 0.15) is 12.6 Å². The normalized spacial score (nSPS) is 13.6. The second-order valence-electron chi connectivity index (χ2n) is 9.89. The zero-order chi connectivity index (χ0) is 30.9. The van der Waals surface area contributed by atoms with Gasteiger partial charge in [-0.25, -0.2) is 4.79 Å². The van der Waals surface area contributed by atoms with Gasteiger partial charge in [0.25, 0.3) is 0 Å². The van der Waals surface area contributed by atoms with E-state index in [1.54, 1.807) is 14.2 Å². The van der Waals surface area contributed by atoms with E-state index in [1.165, 1.54) is 12.5 Å². The minimum absolute atomic E-state index is 0.0340. The monoisotopic (exact) mass is 642 g/mol. The van der Waals surface area contributed by atoms with Crippen LogP contribution in [0.25, 0.3) is 11.1 Å². The summed E-state index contributed by atoms with van der Waals surface area (Å²) in [6, 6.07) is 25.5. The Hall–Kier alpha value is -3.24. The molecular formula is C33H43BrN2O6. The Bertz CT molecular complexity index is 1180. The number of hydrogen-bond acceptors (Lipinski definition) is 6. The first-order chi connectivity index (χ1) is 20.2. The third-order valence-electron chi connectivity index (χ3n) is 6.67. The van der Waals surface area contributed by atoms with Crippen LogP contribution in [-0.2, 0) is 25.5 Å². The first-order valence-corrected chi connectivity index (χ1v) is 15.0. The number of carbonyl (C=O) groups excluding carboxylic acids is 1. The number of carboxylic acids is 1. The van der Waals surface area contributed by atoms with Gasteiger partial charge in [-0.05, 0) is 48.6 Å². The Morgan fingerprint density at radius 2 is 1.36 bits per heavy atom. The fraction of sp³-hybridized carbons (Fsp3) is 0.394. The molecule has 4 rings (SSSR count). The van der Waals surface area contributed by atoms with Gasteiger partial charge in [0.15, 0.2) is 0 Å². The second kappa shape index (κ2) is 19.0. The van der Waals surface area contributed by atoms with Crippen molar-refractivity contribution in [1.29, 1.82) is 0 Å². The molecule has 3 atom stereocenters. The van der Waals surface area contributed by atoms with Crippen LogP contribution in [0.1, 0.15) is 43.4 Å². The SMILES string of the molecule is CC(NC(=O)OCC1c2ccccc2-c2ccccc21)C(=O)O.COC(C)CBr.COC(C)CNCc1ccccc1. The molecule has 0 aromatic heterocycles. The van der Waals surface area contributed by atoms with Crippen LogP contribution in [0, 0.1) is 0 Å². The molecule has 0 saturated carbocycles. The van der Waals surface area contributed by atoms with E-state index >= 15 is 0 Å². The van der Waals surface area contributed by atoms with Crippen molar-refractivity contribution >= 4 is 28.0 Å². The predicted octanol–water partition coefficient (Wildman–Crippen LogP) is 6.23. The van der Waals surface area contributed by atoms with Gasteiger partial charge in [0.2, 0.25) is 0 Å². The van der Waals surface area contributed by atoms with Gasteiger partial charge < -0.3 is 30.0 Å². The molecule has 1 aliphatic carbocycles. The van der Waals surface area contributed by atoms with Gasteiger partial charge in [0.05, 0.1) is 12.2 Å². The van der Waals surface area contributed by atoms with Crippen LogP contribution >= 0.6 is 15.9 Å². The van der Waals surface area contributed by atoms with Gasteiger partial charge in [-0.3, -0.25) is 4.79 Å². The molecule has 0 radical (unpaired) electrons. The predicted molar refractivity (Wildman–Crippen MR) is 170 cm³/mol. The van der Waals surface area contributed by atoms with Gasteiger partial charge in [-0.1, -0.05) is 94.8 Å². The highest BCUT2D eigenvalue weighted by Crippen LogP contribution is 2.44. The molecule has 0 heterocycles. The van der Waals surface area contributed by atoms with Crippen molar-refractivity contribution in [3.63, 3.8) is 0 Å². The second-order valence-corrected chi connectivity index (χ2v) is 10.5. The average molecular weight is 644 g/mol.